The second-order valence-electron chi connectivity index (χ2n) is 6.90. The topological polar surface area (TPSA) is 38.1 Å². The maximum absolute atomic E-state index is 12.7. The van der Waals surface area contributed by atoms with Crippen LogP contribution in [0.2, 0.25) is 0 Å². The minimum atomic E-state index is -4.47. The Balaban J connectivity index is 1.79. The lowest BCUT2D eigenvalue weighted by Crippen LogP contribution is -2.37. The maximum Gasteiger partial charge on any atom is 0.434 e. The highest BCUT2D eigenvalue weighted by Gasteiger charge is 2.49. The molecule has 1 saturated carbocycles. The lowest BCUT2D eigenvalue weighted by Gasteiger charge is -2.19. The van der Waals surface area contributed by atoms with Gasteiger partial charge in [0.15, 0.2) is 5.69 Å². The van der Waals surface area contributed by atoms with Gasteiger partial charge in [-0.25, -0.2) is 4.98 Å². The van der Waals surface area contributed by atoms with Gasteiger partial charge in [0, 0.05) is 17.9 Å². The molecule has 126 valence electrons. The Hall–Kier alpha value is -2.31. The van der Waals surface area contributed by atoms with E-state index in [-0.39, 0.29) is 11.9 Å². The number of benzene rings is 1. The summed E-state index contributed by atoms with van der Waals surface area (Å²) in [5.41, 5.74) is 0.737. The van der Waals surface area contributed by atoms with Gasteiger partial charge in [0.2, 0.25) is 5.91 Å². The molecule has 0 radical (unpaired) electrons. The molecule has 0 unspecified atom stereocenters. The molecule has 1 aromatic carbocycles. The summed E-state index contributed by atoms with van der Waals surface area (Å²) in [6, 6.07) is 5.55. The highest BCUT2D eigenvalue weighted by atomic mass is 19.4. The van der Waals surface area contributed by atoms with E-state index in [1.165, 1.54) is 4.57 Å². The molecule has 1 aromatic heterocycles. The van der Waals surface area contributed by atoms with Crippen LogP contribution in [-0.4, -0.2) is 21.5 Å². The van der Waals surface area contributed by atoms with E-state index >= 15 is 0 Å². The molecule has 0 saturated heterocycles. The number of nitrogens with zero attached hydrogens (tertiary/aromatic N) is 3. The van der Waals surface area contributed by atoms with Gasteiger partial charge in [-0.05, 0) is 44.4 Å². The number of imidazole rings is 1. The first-order valence-corrected chi connectivity index (χ1v) is 7.79. The summed E-state index contributed by atoms with van der Waals surface area (Å²) in [6.07, 6.45) is -0.428. The Labute approximate surface area is 136 Å². The molecule has 1 aliphatic heterocycles. The number of hydrogen-bond donors (Lipinski definition) is 0. The molecule has 4 nitrogen and oxygen atoms in total. The zero-order valence-electron chi connectivity index (χ0n) is 13.3. The molecule has 2 aliphatic rings. The SMILES string of the molecule is CC1(C)C(=O)N(C2CC2)c2cc(-n3cnc(C(F)(F)F)c3)ccc21. The van der Waals surface area contributed by atoms with Crippen molar-refractivity contribution in [3.8, 4) is 5.69 Å². The number of carbonyl (C=O) groups excluding carboxylic acids is 1. The lowest BCUT2D eigenvalue weighted by atomic mass is 9.86. The summed E-state index contributed by atoms with van der Waals surface area (Å²) < 4.78 is 39.5. The number of hydrogen-bond acceptors (Lipinski definition) is 2. The van der Waals surface area contributed by atoms with Crippen LogP contribution < -0.4 is 4.90 Å². The minimum absolute atomic E-state index is 0.0544. The third-order valence-corrected chi connectivity index (χ3v) is 4.75. The van der Waals surface area contributed by atoms with E-state index in [2.05, 4.69) is 4.98 Å². The Morgan fingerprint density at radius 2 is 1.96 bits per heavy atom. The van der Waals surface area contributed by atoms with E-state index in [0.29, 0.717) is 5.69 Å². The average Bonchev–Trinajstić information content (AvgIpc) is 3.15. The molecule has 0 atom stereocenters. The smallest absolute Gasteiger partial charge is 0.308 e. The Morgan fingerprint density at radius 3 is 2.54 bits per heavy atom. The fraction of sp³-hybridized carbons (Fsp3) is 0.412. The van der Waals surface area contributed by atoms with Crippen LogP contribution in [0.3, 0.4) is 0 Å². The predicted molar refractivity (Wildman–Crippen MR) is 82.1 cm³/mol. The summed E-state index contributed by atoms with van der Waals surface area (Å²) in [5, 5.41) is 0. The van der Waals surface area contributed by atoms with E-state index in [4.69, 9.17) is 0 Å². The predicted octanol–water partition coefficient (Wildman–Crippen LogP) is 3.68. The summed E-state index contributed by atoms with van der Waals surface area (Å²) >= 11 is 0. The van der Waals surface area contributed by atoms with Crippen molar-refractivity contribution in [2.75, 3.05) is 4.90 Å². The van der Waals surface area contributed by atoms with E-state index in [0.717, 1.165) is 36.6 Å². The number of carbonyl (C=O) groups is 1. The van der Waals surface area contributed by atoms with Gasteiger partial charge in [-0.1, -0.05) is 6.07 Å². The number of aromatic nitrogens is 2. The fourth-order valence-corrected chi connectivity index (χ4v) is 3.24. The van der Waals surface area contributed by atoms with Crippen molar-refractivity contribution in [2.45, 2.75) is 44.3 Å². The molecule has 1 aliphatic carbocycles. The summed E-state index contributed by atoms with van der Waals surface area (Å²) in [7, 11) is 0. The first-order valence-electron chi connectivity index (χ1n) is 7.79. The molecule has 4 rings (SSSR count). The van der Waals surface area contributed by atoms with Crippen molar-refractivity contribution >= 4 is 11.6 Å². The number of fused-ring (bicyclic) bond motifs is 1. The first-order chi connectivity index (χ1) is 11.2. The number of amides is 1. The zero-order chi connectivity index (χ0) is 17.3. The van der Waals surface area contributed by atoms with Crippen LogP contribution in [0.15, 0.2) is 30.7 Å². The maximum atomic E-state index is 12.7. The highest BCUT2D eigenvalue weighted by Crippen LogP contribution is 2.47. The number of rotatable bonds is 2. The number of anilines is 1. The largest absolute Gasteiger partial charge is 0.434 e. The zero-order valence-corrected chi connectivity index (χ0v) is 13.3. The first kappa shape index (κ1) is 15.2. The monoisotopic (exact) mass is 335 g/mol. The fourth-order valence-electron chi connectivity index (χ4n) is 3.24. The van der Waals surface area contributed by atoms with Crippen molar-refractivity contribution in [3.63, 3.8) is 0 Å². The van der Waals surface area contributed by atoms with Gasteiger partial charge in [-0.15, -0.1) is 0 Å². The van der Waals surface area contributed by atoms with Crippen LogP contribution in [0.25, 0.3) is 5.69 Å². The van der Waals surface area contributed by atoms with Crippen molar-refractivity contribution < 1.29 is 18.0 Å². The van der Waals surface area contributed by atoms with Crippen LogP contribution in [0.4, 0.5) is 18.9 Å². The molecule has 7 heteroatoms. The summed E-state index contributed by atoms with van der Waals surface area (Å²) in [4.78, 5) is 17.9. The molecule has 2 heterocycles. The molecule has 2 aromatic rings. The van der Waals surface area contributed by atoms with E-state index in [9.17, 15) is 18.0 Å². The van der Waals surface area contributed by atoms with Gasteiger partial charge in [0.05, 0.1) is 17.4 Å². The molecule has 1 amide bonds. The molecule has 0 bridgehead atoms. The van der Waals surface area contributed by atoms with Crippen molar-refractivity contribution in [3.05, 3.63) is 42.0 Å². The molecule has 0 spiro atoms. The average molecular weight is 335 g/mol. The van der Waals surface area contributed by atoms with Crippen LogP contribution in [0.5, 0.6) is 0 Å². The van der Waals surface area contributed by atoms with E-state index in [1.54, 1.807) is 17.0 Å². The van der Waals surface area contributed by atoms with Crippen molar-refractivity contribution in [1.29, 1.82) is 0 Å². The van der Waals surface area contributed by atoms with Gasteiger partial charge in [-0.2, -0.15) is 13.2 Å². The molecule has 0 N–H and O–H groups in total. The van der Waals surface area contributed by atoms with Crippen LogP contribution in [-0.2, 0) is 16.4 Å². The molecular weight excluding hydrogens is 319 g/mol. The minimum Gasteiger partial charge on any atom is -0.308 e. The second kappa shape index (κ2) is 4.62. The van der Waals surface area contributed by atoms with Crippen LogP contribution in [0, 0.1) is 0 Å². The van der Waals surface area contributed by atoms with Crippen molar-refractivity contribution in [2.24, 2.45) is 0 Å². The van der Waals surface area contributed by atoms with Gasteiger partial charge >= 0.3 is 6.18 Å². The third-order valence-electron chi connectivity index (χ3n) is 4.75. The van der Waals surface area contributed by atoms with Gasteiger partial charge in [-0.3, -0.25) is 4.79 Å². The number of halogens is 3. The Morgan fingerprint density at radius 1 is 1.25 bits per heavy atom. The second-order valence-corrected chi connectivity index (χ2v) is 6.90. The van der Waals surface area contributed by atoms with Gasteiger partial charge in [0.1, 0.15) is 0 Å². The highest BCUT2D eigenvalue weighted by molar-refractivity contribution is 6.08. The Kier molecular flexibility index (Phi) is 2.93. The number of alkyl halides is 3. The quantitative estimate of drug-likeness (QED) is 0.840. The van der Waals surface area contributed by atoms with Crippen LogP contribution >= 0.6 is 0 Å². The van der Waals surface area contributed by atoms with Crippen molar-refractivity contribution in [1.82, 2.24) is 9.55 Å². The Bertz CT molecular complexity index is 834. The third kappa shape index (κ3) is 2.14. The molecule has 1 fully saturated rings. The summed E-state index contributed by atoms with van der Waals surface area (Å²) in [6.45, 7) is 3.77. The summed E-state index contributed by atoms with van der Waals surface area (Å²) in [5.74, 6) is 0.0544. The van der Waals surface area contributed by atoms with E-state index in [1.807, 2.05) is 19.9 Å². The van der Waals surface area contributed by atoms with Gasteiger partial charge < -0.3 is 9.47 Å². The van der Waals surface area contributed by atoms with Crippen LogP contribution in [0.1, 0.15) is 37.9 Å². The van der Waals surface area contributed by atoms with E-state index < -0.39 is 17.3 Å². The molecular formula is C17H16F3N3O. The molecule has 24 heavy (non-hydrogen) atoms. The standard InChI is InChI=1S/C17H16F3N3O/c1-16(2)12-6-5-11(22-8-14(21-9-22)17(18,19)20)7-13(12)23(15(16)24)10-3-4-10/h5-10H,3-4H2,1-2H3. The lowest BCUT2D eigenvalue weighted by molar-refractivity contribution is -0.140. The normalized spacial score (nSPS) is 19.7. The van der Waals surface area contributed by atoms with Gasteiger partial charge in [0.25, 0.3) is 0 Å².